The molecule has 94 valence electrons. The molecular formula is C15H18N2O. The lowest BCUT2D eigenvalue weighted by Gasteiger charge is -1.97. The number of fused-ring (bicyclic) bond motifs is 2. The van der Waals surface area contributed by atoms with E-state index in [1.165, 1.54) is 5.69 Å². The highest BCUT2D eigenvalue weighted by Crippen LogP contribution is 2.27. The highest BCUT2D eigenvalue weighted by Gasteiger charge is 2.11. The lowest BCUT2D eigenvalue weighted by atomic mass is 10.1. The van der Waals surface area contributed by atoms with Crippen LogP contribution in [0.25, 0.3) is 22.1 Å². The van der Waals surface area contributed by atoms with Crippen LogP contribution in [0, 0.1) is 0 Å². The van der Waals surface area contributed by atoms with E-state index in [9.17, 15) is 0 Å². The van der Waals surface area contributed by atoms with E-state index in [2.05, 4.69) is 55.9 Å². The molecule has 3 nitrogen and oxygen atoms in total. The van der Waals surface area contributed by atoms with Crippen molar-refractivity contribution in [3.05, 3.63) is 29.7 Å². The quantitative estimate of drug-likeness (QED) is 0.716. The van der Waals surface area contributed by atoms with Crippen LogP contribution in [0.3, 0.4) is 0 Å². The van der Waals surface area contributed by atoms with Gasteiger partial charge in [-0.25, -0.2) is 4.98 Å². The highest BCUT2D eigenvalue weighted by atomic mass is 16.3. The fourth-order valence-electron chi connectivity index (χ4n) is 2.15. The van der Waals surface area contributed by atoms with Gasteiger partial charge in [0, 0.05) is 17.0 Å². The van der Waals surface area contributed by atoms with Crippen molar-refractivity contribution in [2.75, 3.05) is 0 Å². The monoisotopic (exact) mass is 242 g/mol. The van der Waals surface area contributed by atoms with Crippen molar-refractivity contribution in [2.45, 2.75) is 39.5 Å². The van der Waals surface area contributed by atoms with Crippen LogP contribution in [-0.2, 0) is 0 Å². The molecule has 0 saturated carbocycles. The molecule has 0 unspecified atom stereocenters. The SMILES string of the molecule is CC(C)c1cc2nc3oc(C(C)C)cc3cc2[nH]1. The average molecular weight is 242 g/mol. The maximum absolute atomic E-state index is 5.78. The second kappa shape index (κ2) is 3.87. The molecule has 0 aliphatic rings. The lowest BCUT2D eigenvalue weighted by molar-refractivity contribution is 0.514. The largest absolute Gasteiger partial charge is 0.442 e. The standard InChI is InChI=1S/C15H18N2O/c1-8(2)11-7-13-12(16-11)5-10-6-14(9(3)4)18-15(10)17-13/h5-9,16H,1-4H3. The van der Waals surface area contributed by atoms with E-state index < -0.39 is 0 Å². The number of hydrogen-bond donors (Lipinski definition) is 1. The maximum Gasteiger partial charge on any atom is 0.226 e. The van der Waals surface area contributed by atoms with Crippen LogP contribution in [0.4, 0.5) is 0 Å². The van der Waals surface area contributed by atoms with Crippen molar-refractivity contribution in [1.29, 1.82) is 0 Å². The molecule has 3 heterocycles. The predicted molar refractivity (Wildman–Crippen MR) is 74.0 cm³/mol. The van der Waals surface area contributed by atoms with E-state index in [1.54, 1.807) is 0 Å². The van der Waals surface area contributed by atoms with E-state index >= 15 is 0 Å². The number of furan rings is 1. The second-order valence-electron chi connectivity index (χ2n) is 5.50. The van der Waals surface area contributed by atoms with Gasteiger partial charge in [-0.05, 0) is 24.1 Å². The van der Waals surface area contributed by atoms with Gasteiger partial charge in [0.2, 0.25) is 5.71 Å². The summed E-state index contributed by atoms with van der Waals surface area (Å²) in [6.45, 7) is 8.60. The van der Waals surface area contributed by atoms with Gasteiger partial charge >= 0.3 is 0 Å². The number of aromatic nitrogens is 2. The van der Waals surface area contributed by atoms with E-state index in [0.717, 1.165) is 27.9 Å². The normalized spacial score (nSPS) is 12.3. The molecule has 18 heavy (non-hydrogen) atoms. The van der Waals surface area contributed by atoms with E-state index in [0.29, 0.717) is 11.8 Å². The number of nitrogens with zero attached hydrogens (tertiary/aromatic N) is 1. The summed E-state index contributed by atoms with van der Waals surface area (Å²) in [6, 6.07) is 6.32. The first kappa shape index (κ1) is 11.3. The van der Waals surface area contributed by atoms with Crippen molar-refractivity contribution in [1.82, 2.24) is 9.97 Å². The predicted octanol–water partition coefficient (Wildman–Crippen LogP) is 4.56. The Balaban J connectivity index is 2.21. The van der Waals surface area contributed by atoms with Gasteiger partial charge in [0.15, 0.2) is 0 Å². The van der Waals surface area contributed by atoms with Crippen LogP contribution >= 0.6 is 0 Å². The van der Waals surface area contributed by atoms with Crippen molar-refractivity contribution in [2.24, 2.45) is 0 Å². The van der Waals surface area contributed by atoms with Crippen LogP contribution in [0.5, 0.6) is 0 Å². The number of pyridine rings is 1. The summed E-state index contributed by atoms with van der Waals surface area (Å²) in [5.41, 5.74) is 4.02. The molecule has 0 aromatic carbocycles. The molecule has 3 aromatic heterocycles. The van der Waals surface area contributed by atoms with Crippen molar-refractivity contribution in [3.63, 3.8) is 0 Å². The molecule has 0 amide bonds. The zero-order valence-corrected chi connectivity index (χ0v) is 11.2. The first-order valence-electron chi connectivity index (χ1n) is 6.47. The maximum atomic E-state index is 5.78. The van der Waals surface area contributed by atoms with Crippen LogP contribution in [0.2, 0.25) is 0 Å². The third-order valence-electron chi connectivity index (χ3n) is 3.32. The van der Waals surface area contributed by atoms with Gasteiger partial charge in [-0.2, -0.15) is 0 Å². The van der Waals surface area contributed by atoms with Gasteiger partial charge < -0.3 is 9.40 Å². The third-order valence-corrected chi connectivity index (χ3v) is 3.32. The van der Waals surface area contributed by atoms with Crippen molar-refractivity contribution < 1.29 is 4.42 Å². The molecular weight excluding hydrogens is 224 g/mol. The molecule has 0 saturated heterocycles. The lowest BCUT2D eigenvalue weighted by Crippen LogP contribution is -1.84. The van der Waals surface area contributed by atoms with Crippen molar-refractivity contribution in [3.8, 4) is 0 Å². The van der Waals surface area contributed by atoms with Gasteiger partial charge in [0.1, 0.15) is 5.76 Å². The molecule has 0 aliphatic carbocycles. The molecule has 3 heteroatoms. The Morgan fingerprint density at radius 2 is 1.83 bits per heavy atom. The number of hydrogen-bond acceptors (Lipinski definition) is 2. The number of rotatable bonds is 2. The Bertz CT molecular complexity index is 595. The summed E-state index contributed by atoms with van der Waals surface area (Å²) in [4.78, 5) is 8.01. The topological polar surface area (TPSA) is 41.8 Å². The summed E-state index contributed by atoms with van der Waals surface area (Å²) >= 11 is 0. The minimum Gasteiger partial charge on any atom is -0.442 e. The Hall–Kier alpha value is -1.77. The van der Waals surface area contributed by atoms with Gasteiger partial charge in [-0.15, -0.1) is 0 Å². The molecule has 3 rings (SSSR count). The highest BCUT2D eigenvalue weighted by molar-refractivity contribution is 5.89. The molecule has 0 spiro atoms. The molecule has 0 radical (unpaired) electrons. The Labute approximate surface area is 106 Å². The van der Waals surface area contributed by atoms with Gasteiger partial charge in [0.05, 0.1) is 11.0 Å². The molecule has 0 fully saturated rings. The van der Waals surface area contributed by atoms with E-state index in [1.807, 2.05) is 0 Å². The molecule has 1 N–H and O–H groups in total. The van der Waals surface area contributed by atoms with E-state index in [-0.39, 0.29) is 0 Å². The fraction of sp³-hybridized carbons (Fsp3) is 0.400. The first-order chi connectivity index (χ1) is 8.54. The van der Waals surface area contributed by atoms with Crippen LogP contribution in [0.15, 0.2) is 22.6 Å². The Kier molecular flexibility index (Phi) is 2.44. The summed E-state index contributed by atoms with van der Waals surface area (Å²) in [7, 11) is 0. The zero-order valence-electron chi connectivity index (χ0n) is 11.2. The number of H-pyrrole nitrogens is 1. The third kappa shape index (κ3) is 1.70. The smallest absolute Gasteiger partial charge is 0.226 e. The van der Waals surface area contributed by atoms with Crippen molar-refractivity contribution >= 4 is 22.1 Å². The minimum atomic E-state index is 0.392. The van der Waals surface area contributed by atoms with Gasteiger partial charge in [-0.3, -0.25) is 0 Å². The number of aromatic amines is 1. The molecule has 0 atom stereocenters. The van der Waals surface area contributed by atoms with Gasteiger partial charge in [-0.1, -0.05) is 27.7 Å². The van der Waals surface area contributed by atoms with Crippen LogP contribution < -0.4 is 0 Å². The summed E-state index contributed by atoms with van der Waals surface area (Å²) in [5, 5.41) is 1.07. The summed E-state index contributed by atoms with van der Waals surface area (Å²) in [6.07, 6.45) is 0. The summed E-state index contributed by atoms with van der Waals surface area (Å²) < 4.78 is 5.78. The summed E-state index contributed by atoms with van der Waals surface area (Å²) in [5.74, 6) is 1.87. The zero-order chi connectivity index (χ0) is 12.9. The van der Waals surface area contributed by atoms with Crippen LogP contribution in [0.1, 0.15) is 51.0 Å². The Morgan fingerprint density at radius 3 is 2.50 bits per heavy atom. The molecule has 0 bridgehead atoms. The number of nitrogens with one attached hydrogen (secondary N) is 1. The second-order valence-corrected chi connectivity index (χ2v) is 5.50. The van der Waals surface area contributed by atoms with Crippen LogP contribution in [-0.4, -0.2) is 9.97 Å². The van der Waals surface area contributed by atoms with Gasteiger partial charge in [0.25, 0.3) is 0 Å². The van der Waals surface area contributed by atoms with E-state index in [4.69, 9.17) is 4.42 Å². The molecule has 3 aromatic rings. The molecule has 0 aliphatic heterocycles. The average Bonchev–Trinajstić information content (AvgIpc) is 2.87. The fourth-order valence-corrected chi connectivity index (χ4v) is 2.15. The minimum absolute atomic E-state index is 0.392. The Morgan fingerprint density at radius 1 is 1.06 bits per heavy atom. The first-order valence-corrected chi connectivity index (χ1v) is 6.47.